The molecule has 0 aliphatic carbocycles. The van der Waals surface area contributed by atoms with Gasteiger partial charge in [-0.1, -0.05) is 41.9 Å². The zero-order valence-electron chi connectivity index (χ0n) is 17.3. The van der Waals surface area contributed by atoms with E-state index in [1.807, 2.05) is 30.3 Å². The van der Waals surface area contributed by atoms with Gasteiger partial charge in [-0.05, 0) is 35.9 Å². The van der Waals surface area contributed by atoms with E-state index >= 15 is 0 Å². The Bertz CT molecular complexity index is 1490. The van der Waals surface area contributed by atoms with Crippen molar-refractivity contribution in [3.05, 3.63) is 98.0 Å². The van der Waals surface area contributed by atoms with Gasteiger partial charge in [0.15, 0.2) is 11.5 Å². The minimum atomic E-state index is -0.804. The summed E-state index contributed by atoms with van der Waals surface area (Å²) in [6, 6.07) is 19.2. The molecule has 0 unspecified atom stereocenters. The van der Waals surface area contributed by atoms with Crippen LogP contribution in [0.3, 0.4) is 0 Å². The second-order valence-electron chi connectivity index (χ2n) is 7.52. The van der Waals surface area contributed by atoms with E-state index in [2.05, 4.69) is 5.32 Å². The summed E-state index contributed by atoms with van der Waals surface area (Å²) in [5.74, 6) is 0.634. The van der Waals surface area contributed by atoms with Crippen molar-refractivity contribution in [2.45, 2.75) is 13.1 Å². The first-order chi connectivity index (χ1) is 16.0. The minimum absolute atomic E-state index is 0.119. The smallest absolute Gasteiger partial charge is 0.317 e. The van der Waals surface area contributed by atoms with Crippen molar-refractivity contribution in [3.8, 4) is 11.5 Å². The molecule has 9 heteroatoms. The maximum Gasteiger partial charge on any atom is 0.317 e. The summed E-state index contributed by atoms with van der Waals surface area (Å²) in [5, 5.41) is 3.11. The van der Waals surface area contributed by atoms with E-state index in [1.54, 1.807) is 36.4 Å². The summed E-state index contributed by atoms with van der Waals surface area (Å²) in [6.07, 6.45) is 0. The molecule has 3 aromatic carbocycles. The second-order valence-corrected chi connectivity index (χ2v) is 7.95. The first-order valence-electron chi connectivity index (χ1n) is 10.2. The topological polar surface area (TPSA) is 91.6 Å². The number of aromatic nitrogens is 2. The predicted molar refractivity (Wildman–Crippen MR) is 124 cm³/mol. The number of amides is 1. The molecule has 1 amide bonds. The molecule has 1 aromatic heterocycles. The molecule has 33 heavy (non-hydrogen) atoms. The molecule has 0 bridgehead atoms. The van der Waals surface area contributed by atoms with Crippen molar-refractivity contribution >= 4 is 34.2 Å². The minimum Gasteiger partial charge on any atom is -0.454 e. The van der Waals surface area contributed by atoms with Crippen molar-refractivity contribution in [2.75, 3.05) is 12.1 Å². The van der Waals surface area contributed by atoms with Crippen molar-refractivity contribution in [1.29, 1.82) is 0 Å². The van der Waals surface area contributed by atoms with E-state index in [4.69, 9.17) is 21.1 Å². The van der Waals surface area contributed by atoms with Crippen molar-refractivity contribution < 1.29 is 14.3 Å². The highest BCUT2D eigenvalue weighted by Gasteiger charge is 2.18. The number of benzene rings is 3. The van der Waals surface area contributed by atoms with Gasteiger partial charge in [0.25, 0.3) is 0 Å². The van der Waals surface area contributed by atoms with Crippen LogP contribution in [0.2, 0.25) is 5.02 Å². The Morgan fingerprint density at radius 2 is 1.64 bits per heavy atom. The lowest BCUT2D eigenvalue weighted by atomic mass is 10.2. The van der Waals surface area contributed by atoms with E-state index in [-0.39, 0.29) is 19.9 Å². The number of carbonyl (C=O) groups is 1. The van der Waals surface area contributed by atoms with Crippen LogP contribution in [0.4, 0.5) is 5.69 Å². The van der Waals surface area contributed by atoms with Gasteiger partial charge in [0, 0.05) is 16.8 Å². The largest absolute Gasteiger partial charge is 0.454 e. The highest BCUT2D eigenvalue weighted by molar-refractivity contribution is 6.31. The second kappa shape index (κ2) is 8.48. The monoisotopic (exact) mass is 463 g/mol. The Labute approximate surface area is 192 Å². The van der Waals surface area contributed by atoms with Crippen molar-refractivity contribution in [2.24, 2.45) is 0 Å². The van der Waals surface area contributed by atoms with E-state index < -0.39 is 17.0 Å². The summed E-state index contributed by atoms with van der Waals surface area (Å²) in [7, 11) is 0. The lowest BCUT2D eigenvalue weighted by Crippen LogP contribution is -2.43. The van der Waals surface area contributed by atoms with Crippen LogP contribution in [-0.4, -0.2) is 21.8 Å². The zero-order chi connectivity index (χ0) is 22.9. The third-order valence-corrected chi connectivity index (χ3v) is 5.57. The molecule has 2 heterocycles. The van der Waals surface area contributed by atoms with Crippen LogP contribution in [0.1, 0.15) is 5.56 Å². The molecular weight excluding hydrogens is 446 g/mol. The highest BCUT2D eigenvalue weighted by atomic mass is 35.5. The summed E-state index contributed by atoms with van der Waals surface area (Å²) in [5.41, 5.74) is 0.726. The number of anilines is 1. The molecule has 5 rings (SSSR count). The molecule has 8 nitrogen and oxygen atoms in total. The summed E-state index contributed by atoms with van der Waals surface area (Å²) in [4.78, 5) is 38.8. The van der Waals surface area contributed by atoms with Gasteiger partial charge in [0.2, 0.25) is 12.7 Å². The molecule has 0 atom stereocenters. The van der Waals surface area contributed by atoms with Crippen LogP contribution in [-0.2, 0) is 17.9 Å². The molecule has 0 radical (unpaired) electrons. The third kappa shape index (κ3) is 4.08. The molecule has 1 aliphatic heterocycles. The van der Waals surface area contributed by atoms with Gasteiger partial charge in [-0.25, -0.2) is 0 Å². The predicted octanol–water partition coefficient (Wildman–Crippen LogP) is 3.23. The summed E-state index contributed by atoms with van der Waals surface area (Å²) in [6.45, 7) is -0.0169. The SMILES string of the molecule is O=C(Cn1c(=O)c(=O)n(Cc2ccccc2)c2ccc(Cl)cc21)Nc1ccc2c(c1)OCO2. The van der Waals surface area contributed by atoms with E-state index in [0.29, 0.717) is 33.2 Å². The standard InChI is InChI=1S/C24H18ClN3O5/c25-16-6-8-18-19(10-16)28(24(31)23(30)27(18)12-15-4-2-1-3-5-15)13-22(29)26-17-7-9-20-21(11-17)33-14-32-20/h1-11H,12-14H2,(H,26,29). The van der Waals surface area contributed by atoms with Crippen LogP contribution >= 0.6 is 11.6 Å². The van der Waals surface area contributed by atoms with Crippen LogP contribution in [0, 0.1) is 0 Å². The average Bonchev–Trinajstić information content (AvgIpc) is 3.28. The van der Waals surface area contributed by atoms with Gasteiger partial charge in [-0.3, -0.25) is 23.5 Å². The molecule has 0 saturated heterocycles. The number of nitrogens with zero attached hydrogens (tertiary/aromatic N) is 2. The fraction of sp³-hybridized carbons (Fsp3) is 0.125. The third-order valence-electron chi connectivity index (χ3n) is 5.33. The number of rotatable bonds is 5. The Morgan fingerprint density at radius 1 is 0.879 bits per heavy atom. The van der Waals surface area contributed by atoms with E-state index in [9.17, 15) is 14.4 Å². The number of hydrogen-bond donors (Lipinski definition) is 1. The zero-order valence-corrected chi connectivity index (χ0v) is 18.0. The molecule has 0 spiro atoms. The first kappa shape index (κ1) is 20.8. The van der Waals surface area contributed by atoms with Gasteiger partial charge >= 0.3 is 11.1 Å². The Balaban J connectivity index is 1.51. The van der Waals surface area contributed by atoms with Gasteiger partial charge in [-0.2, -0.15) is 0 Å². The van der Waals surface area contributed by atoms with Crippen LogP contribution in [0.5, 0.6) is 11.5 Å². The van der Waals surface area contributed by atoms with Gasteiger partial charge in [0.1, 0.15) is 6.54 Å². The van der Waals surface area contributed by atoms with Gasteiger partial charge < -0.3 is 14.8 Å². The van der Waals surface area contributed by atoms with Gasteiger partial charge in [-0.15, -0.1) is 0 Å². The number of nitrogens with one attached hydrogen (secondary N) is 1. The lowest BCUT2D eigenvalue weighted by Gasteiger charge is -2.15. The van der Waals surface area contributed by atoms with E-state index in [0.717, 1.165) is 10.1 Å². The lowest BCUT2D eigenvalue weighted by molar-refractivity contribution is -0.116. The fourth-order valence-electron chi connectivity index (χ4n) is 3.79. The highest BCUT2D eigenvalue weighted by Crippen LogP contribution is 2.34. The maximum absolute atomic E-state index is 13.0. The summed E-state index contributed by atoms with van der Waals surface area (Å²) >= 11 is 6.19. The molecule has 0 saturated carbocycles. The number of fused-ring (bicyclic) bond motifs is 2. The molecule has 166 valence electrons. The van der Waals surface area contributed by atoms with Crippen LogP contribution < -0.4 is 25.9 Å². The summed E-state index contributed by atoms with van der Waals surface area (Å²) < 4.78 is 13.1. The maximum atomic E-state index is 13.0. The quantitative estimate of drug-likeness (QED) is 0.459. The van der Waals surface area contributed by atoms with Crippen LogP contribution in [0.15, 0.2) is 76.3 Å². The van der Waals surface area contributed by atoms with Gasteiger partial charge in [0.05, 0.1) is 17.6 Å². The molecule has 1 N–H and O–H groups in total. The number of carbonyl (C=O) groups excluding carboxylic acids is 1. The average molecular weight is 464 g/mol. The van der Waals surface area contributed by atoms with E-state index in [1.165, 1.54) is 4.57 Å². The molecular formula is C24H18ClN3O5. The Hall–Kier alpha value is -4.04. The Morgan fingerprint density at radius 3 is 2.45 bits per heavy atom. The normalized spacial score (nSPS) is 12.2. The van der Waals surface area contributed by atoms with Crippen molar-refractivity contribution in [1.82, 2.24) is 9.13 Å². The number of halogens is 1. The molecule has 4 aromatic rings. The first-order valence-corrected chi connectivity index (χ1v) is 10.5. The van der Waals surface area contributed by atoms with Crippen molar-refractivity contribution in [3.63, 3.8) is 0 Å². The Kier molecular flexibility index (Phi) is 5.35. The molecule has 1 aliphatic rings. The number of hydrogen-bond acceptors (Lipinski definition) is 5. The van der Waals surface area contributed by atoms with Crippen LogP contribution in [0.25, 0.3) is 11.0 Å². The fourth-order valence-corrected chi connectivity index (χ4v) is 3.96. The number of ether oxygens (including phenoxy) is 2. The molecule has 0 fully saturated rings.